The molecule has 1 aromatic heterocycles. The summed E-state index contributed by atoms with van der Waals surface area (Å²) in [6.45, 7) is 0.809. The van der Waals surface area contributed by atoms with Crippen molar-refractivity contribution in [2.45, 2.75) is 6.54 Å². The summed E-state index contributed by atoms with van der Waals surface area (Å²) in [6.07, 6.45) is 3.98. The summed E-state index contributed by atoms with van der Waals surface area (Å²) in [5.41, 5.74) is 2.76. The maximum Gasteiger partial charge on any atom is 0.0494 e. The van der Waals surface area contributed by atoms with Crippen molar-refractivity contribution in [2.24, 2.45) is 0 Å². The van der Waals surface area contributed by atoms with Crippen molar-refractivity contribution < 1.29 is 0 Å². The van der Waals surface area contributed by atoms with Gasteiger partial charge in [0, 0.05) is 28.3 Å². The van der Waals surface area contributed by atoms with Crippen molar-refractivity contribution in [1.82, 2.24) is 4.57 Å². The van der Waals surface area contributed by atoms with Crippen LogP contribution in [0.2, 0.25) is 0 Å². The summed E-state index contributed by atoms with van der Waals surface area (Å²) in [6, 6.07) is 8.35. The van der Waals surface area contributed by atoms with Crippen molar-refractivity contribution in [3.05, 3.63) is 46.5 Å². The number of nitrogens with zero attached hydrogens (tertiary/aromatic N) is 1. The minimum Gasteiger partial charge on any atom is -0.344 e. The molecule has 0 spiro atoms. The Morgan fingerprint density at radius 1 is 1.36 bits per heavy atom. The molecule has 14 heavy (non-hydrogen) atoms. The first-order valence-corrected chi connectivity index (χ1v) is 5.54. The molecule has 0 bridgehead atoms. The normalized spacial score (nSPS) is 11.6. The van der Waals surface area contributed by atoms with E-state index < -0.39 is 0 Å². The lowest BCUT2D eigenvalue weighted by molar-refractivity contribution is 0.864. The number of allylic oxidation sites excluding steroid dienone is 1. The number of benzene rings is 1. The summed E-state index contributed by atoms with van der Waals surface area (Å²) < 4.78 is 3.25. The Morgan fingerprint density at radius 3 is 3.00 bits per heavy atom. The van der Waals surface area contributed by atoms with Crippen LogP contribution < -0.4 is 0 Å². The quantitative estimate of drug-likeness (QED) is 0.772. The molecule has 2 aromatic rings. The van der Waals surface area contributed by atoms with Crippen LogP contribution in [0, 0.1) is 0 Å². The van der Waals surface area contributed by atoms with Crippen molar-refractivity contribution in [1.29, 1.82) is 0 Å². The lowest BCUT2D eigenvalue weighted by Crippen LogP contribution is -1.91. The molecule has 0 aliphatic rings. The Kier molecular flexibility index (Phi) is 2.94. The van der Waals surface area contributed by atoms with E-state index in [2.05, 4.69) is 44.9 Å². The van der Waals surface area contributed by atoms with E-state index in [-0.39, 0.29) is 0 Å². The van der Waals surface area contributed by atoms with Crippen molar-refractivity contribution >= 4 is 38.4 Å². The average Bonchev–Trinajstić information content (AvgIpc) is 2.57. The molecule has 1 aromatic carbocycles. The molecule has 2 rings (SSSR count). The third-order valence-corrected chi connectivity index (χ3v) is 2.80. The third kappa shape index (κ3) is 1.86. The highest BCUT2D eigenvalue weighted by Crippen LogP contribution is 2.20. The van der Waals surface area contributed by atoms with E-state index in [1.807, 2.05) is 12.1 Å². The fourth-order valence-corrected chi connectivity index (χ4v) is 1.90. The van der Waals surface area contributed by atoms with Crippen LogP contribution >= 0.6 is 27.5 Å². The number of hydrogen-bond acceptors (Lipinski definition) is 0. The first kappa shape index (κ1) is 9.81. The van der Waals surface area contributed by atoms with Crippen LogP contribution in [0.5, 0.6) is 0 Å². The van der Waals surface area contributed by atoms with Gasteiger partial charge in [-0.05, 0) is 23.6 Å². The van der Waals surface area contributed by atoms with E-state index in [4.69, 9.17) is 11.6 Å². The van der Waals surface area contributed by atoms with Gasteiger partial charge in [-0.15, -0.1) is 0 Å². The largest absolute Gasteiger partial charge is 0.344 e. The summed E-state index contributed by atoms with van der Waals surface area (Å²) in [4.78, 5) is 0. The first-order chi connectivity index (χ1) is 6.81. The second kappa shape index (κ2) is 4.20. The van der Waals surface area contributed by atoms with Gasteiger partial charge in [-0.1, -0.05) is 39.7 Å². The maximum absolute atomic E-state index is 5.50. The van der Waals surface area contributed by atoms with Gasteiger partial charge in [-0.25, -0.2) is 0 Å². The second-order valence-corrected chi connectivity index (χ2v) is 4.20. The van der Waals surface area contributed by atoms with Gasteiger partial charge in [0.15, 0.2) is 0 Å². The van der Waals surface area contributed by atoms with E-state index >= 15 is 0 Å². The highest BCUT2D eigenvalue weighted by atomic mass is 79.9. The molecule has 0 amide bonds. The third-order valence-electron chi connectivity index (χ3n) is 2.13. The Balaban J connectivity index is 2.49. The van der Waals surface area contributed by atoms with Gasteiger partial charge in [-0.2, -0.15) is 0 Å². The SMILES string of the molecule is Cl/C=C/Cn1ccc2ccc(Br)cc21. The Bertz CT molecular complexity index is 473. The molecule has 0 saturated heterocycles. The van der Waals surface area contributed by atoms with Crippen LogP contribution in [-0.4, -0.2) is 4.57 Å². The molecule has 72 valence electrons. The second-order valence-electron chi connectivity index (χ2n) is 3.03. The lowest BCUT2D eigenvalue weighted by Gasteiger charge is -2.00. The van der Waals surface area contributed by atoms with Gasteiger partial charge in [0.1, 0.15) is 0 Å². The monoisotopic (exact) mass is 269 g/mol. The minimum atomic E-state index is 0.809. The van der Waals surface area contributed by atoms with Gasteiger partial charge in [0.05, 0.1) is 0 Å². The molecule has 0 fully saturated rings. The van der Waals surface area contributed by atoms with Gasteiger partial charge >= 0.3 is 0 Å². The summed E-state index contributed by atoms with van der Waals surface area (Å²) in [5.74, 6) is 0. The van der Waals surface area contributed by atoms with Crippen LogP contribution in [0.3, 0.4) is 0 Å². The van der Waals surface area contributed by atoms with Crippen molar-refractivity contribution in [3.63, 3.8) is 0 Å². The minimum absolute atomic E-state index is 0.809. The molecular weight excluding hydrogens is 261 g/mol. The molecule has 0 N–H and O–H groups in total. The summed E-state index contributed by atoms with van der Waals surface area (Å²) in [5, 5.41) is 1.25. The standard InChI is InChI=1S/C11H9BrClN/c12-10-3-2-9-4-7-14(6-1-5-13)11(9)8-10/h1-5,7-8H,6H2/b5-1+. The van der Waals surface area contributed by atoms with Crippen LogP contribution in [0.25, 0.3) is 10.9 Å². The molecule has 0 saturated carbocycles. The van der Waals surface area contributed by atoms with Gasteiger partial charge in [-0.3, -0.25) is 0 Å². The number of hydrogen-bond donors (Lipinski definition) is 0. The predicted molar refractivity (Wildman–Crippen MR) is 64.6 cm³/mol. The summed E-state index contributed by atoms with van der Waals surface area (Å²) >= 11 is 8.96. The Hall–Kier alpha value is -0.730. The number of rotatable bonds is 2. The first-order valence-electron chi connectivity index (χ1n) is 4.31. The highest BCUT2D eigenvalue weighted by molar-refractivity contribution is 9.10. The van der Waals surface area contributed by atoms with Gasteiger partial charge < -0.3 is 4.57 Å². The predicted octanol–water partition coefficient (Wildman–Crippen LogP) is 4.16. The average molecular weight is 271 g/mol. The molecule has 1 heterocycles. The van der Waals surface area contributed by atoms with Crippen LogP contribution in [0.1, 0.15) is 0 Å². The van der Waals surface area contributed by atoms with E-state index in [9.17, 15) is 0 Å². The maximum atomic E-state index is 5.50. The fourth-order valence-electron chi connectivity index (χ4n) is 1.47. The molecule has 0 aliphatic carbocycles. The zero-order chi connectivity index (χ0) is 9.97. The van der Waals surface area contributed by atoms with Crippen LogP contribution in [-0.2, 0) is 6.54 Å². The van der Waals surface area contributed by atoms with Gasteiger partial charge in [0.2, 0.25) is 0 Å². The molecule has 1 nitrogen and oxygen atoms in total. The Labute approximate surface area is 96.1 Å². The lowest BCUT2D eigenvalue weighted by atomic mass is 10.2. The zero-order valence-corrected chi connectivity index (χ0v) is 9.79. The topological polar surface area (TPSA) is 4.93 Å². The highest BCUT2D eigenvalue weighted by Gasteiger charge is 1.99. The molecule has 0 atom stereocenters. The molecule has 3 heteroatoms. The van der Waals surface area contributed by atoms with E-state index in [0.29, 0.717) is 0 Å². The molecular formula is C11H9BrClN. The van der Waals surface area contributed by atoms with Gasteiger partial charge in [0.25, 0.3) is 0 Å². The molecule has 0 aliphatic heterocycles. The smallest absolute Gasteiger partial charge is 0.0494 e. The number of halogens is 2. The van der Waals surface area contributed by atoms with E-state index in [1.54, 1.807) is 5.54 Å². The summed E-state index contributed by atoms with van der Waals surface area (Å²) in [7, 11) is 0. The fraction of sp³-hybridized carbons (Fsp3) is 0.0909. The van der Waals surface area contributed by atoms with Crippen molar-refractivity contribution in [2.75, 3.05) is 0 Å². The van der Waals surface area contributed by atoms with Crippen LogP contribution in [0.15, 0.2) is 46.5 Å². The van der Waals surface area contributed by atoms with Crippen LogP contribution in [0.4, 0.5) is 0 Å². The number of fused-ring (bicyclic) bond motifs is 1. The molecule has 0 unspecified atom stereocenters. The van der Waals surface area contributed by atoms with E-state index in [1.165, 1.54) is 10.9 Å². The number of aromatic nitrogens is 1. The Morgan fingerprint density at radius 2 is 2.21 bits per heavy atom. The zero-order valence-electron chi connectivity index (χ0n) is 7.45. The molecule has 0 radical (unpaired) electrons. The van der Waals surface area contributed by atoms with Crippen molar-refractivity contribution in [3.8, 4) is 0 Å². The van der Waals surface area contributed by atoms with E-state index in [0.717, 1.165) is 11.0 Å².